The van der Waals surface area contributed by atoms with E-state index in [4.69, 9.17) is 0 Å². The van der Waals surface area contributed by atoms with E-state index in [-0.39, 0.29) is 11.3 Å². The van der Waals surface area contributed by atoms with Gasteiger partial charge in [0, 0.05) is 5.92 Å². The molecule has 1 nitrogen and oxygen atoms in total. The van der Waals surface area contributed by atoms with Crippen molar-refractivity contribution < 1.29 is 4.79 Å². The van der Waals surface area contributed by atoms with Crippen LogP contribution < -0.4 is 0 Å². The first-order chi connectivity index (χ1) is 5.00. The normalized spacial score (nSPS) is 32.7. The summed E-state index contributed by atoms with van der Waals surface area (Å²) in [6, 6.07) is 0. The molecule has 0 bridgehead atoms. The van der Waals surface area contributed by atoms with Crippen LogP contribution in [-0.4, -0.2) is 6.29 Å². The SMILES string of the molecule is CC(C)=CC1C(C=O)C1(C)C. The average Bonchev–Trinajstić information content (AvgIpc) is 2.33. The summed E-state index contributed by atoms with van der Waals surface area (Å²) < 4.78 is 0. The molecule has 1 heteroatoms. The van der Waals surface area contributed by atoms with Crippen molar-refractivity contribution in [3.05, 3.63) is 11.6 Å². The van der Waals surface area contributed by atoms with Gasteiger partial charge < -0.3 is 4.79 Å². The van der Waals surface area contributed by atoms with Crippen LogP contribution in [0.3, 0.4) is 0 Å². The van der Waals surface area contributed by atoms with Crippen molar-refractivity contribution in [3.8, 4) is 0 Å². The highest BCUT2D eigenvalue weighted by Gasteiger charge is 2.56. The fraction of sp³-hybridized carbons (Fsp3) is 0.700. The predicted molar refractivity (Wildman–Crippen MR) is 46.3 cm³/mol. The lowest BCUT2D eigenvalue weighted by atomic mass is 10.1. The van der Waals surface area contributed by atoms with Gasteiger partial charge in [0.1, 0.15) is 6.29 Å². The van der Waals surface area contributed by atoms with Crippen molar-refractivity contribution in [2.75, 3.05) is 0 Å². The first kappa shape index (κ1) is 8.51. The van der Waals surface area contributed by atoms with Gasteiger partial charge in [-0.2, -0.15) is 0 Å². The smallest absolute Gasteiger partial charge is 0.124 e. The van der Waals surface area contributed by atoms with E-state index in [1.807, 2.05) is 0 Å². The lowest BCUT2D eigenvalue weighted by Gasteiger charge is -1.96. The van der Waals surface area contributed by atoms with E-state index in [9.17, 15) is 4.79 Å². The molecular weight excluding hydrogens is 136 g/mol. The zero-order valence-corrected chi connectivity index (χ0v) is 7.72. The number of aldehydes is 1. The van der Waals surface area contributed by atoms with E-state index in [2.05, 4.69) is 33.8 Å². The average molecular weight is 152 g/mol. The molecule has 0 aromatic heterocycles. The summed E-state index contributed by atoms with van der Waals surface area (Å²) in [6.07, 6.45) is 3.29. The monoisotopic (exact) mass is 152 g/mol. The summed E-state index contributed by atoms with van der Waals surface area (Å²) in [5.41, 5.74) is 1.53. The maximum Gasteiger partial charge on any atom is 0.124 e. The maximum absolute atomic E-state index is 10.5. The molecule has 1 aliphatic carbocycles. The van der Waals surface area contributed by atoms with Crippen LogP contribution in [0.25, 0.3) is 0 Å². The Kier molecular flexibility index (Phi) is 1.91. The number of carbonyl (C=O) groups excluding carboxylic acids is 1. The molecule has 0 saturated heterocycles. The molecule has 0 radical (unpaired) electrons. The van der Waals surface area contributed by atoms with Crippen LogP contribution in [0, 0.1) is 17.3 Å². The van der Waals surface area contributed by atoms with Gasteiger partial charge in [-0.15, -0.1) is 0 Å². The van der Waals surface area contributed by atoms with Crippen LogP contribution >= 0.6 is 0 Å². The van der Waals surface area contributed by atoms with Crippen molar-refractivity contribution in [1.82, 2.24) is 0 Å². The van der Waals surface area contributed by atoms with Crippen LogP contribution in [0.4, 0.5) is 0 Å². The van der Waals surface area contributed by atoms with Crippen LogP contribution in [0.5, 0.6) is 0 Å². The molecule has 0 aliphatic heterocycles. The third-order valence-corrected chi connectivity index (χ3v) is 2.66. The third-order valence-electron chi connectivity index (χ3n) is 2.66. The minimum absolute atomic E-state index is 0.221. The third kappa shape index (κ3) is 1.37. The highest BCUT2D eigenvalue weighted by Crippen LogP contribution is 2.57. The van der Waals surface area contributed by atoms with E-state index in [1.165, 1.54) is 5.57 Å². The highest BCUT2D eigenvalue weighted by molar-refractivity contribution is 5.62. The first-order valence-electron chi connectivity index (χ1n) is 4.10. The quantitative estimate of drug-likeness (QED) is 0.438. The Morgan fingerprint density at radius 3 is 2.09 bits per heavy atom. The second-order valence-corrected chi connectivity index (χ2v) is 4.25. The lowest BCUT2D eigenvalue weighted by molar-refractivity contribution is -0.109. The van der Waals surface area contributed by atoms with Gasteiger partial charge in [-0.3, -0.25) is 0 Å². The molecule has 1 aliphatic rings. The summed E-state index contributed by atoms with van der Waals surface area (Å²) >= 11 is 0. The van der Waals surface area contributed by atoms with Crippen molar-refractivity contribution in [2.45, 2.75) is 27.7 Å². The molecule has 2 unspecified atom stereocenters. The molecule has 1 rings (SSSR count). The fourth-order valence-corrected chi connectivity index (χ4v) is 1.66. The Morgan fingerprint density at radius 2 is 1.82 bits per heavy atom. The zero-order valence-electron chi connectivity index (χ0n) is 7.72. The van der Waals surface area contributed by atoms with Crippen molar-refractivity contribution in [2.24, 2.45) is 17.3 Å². The summed E-state index contributed by atoms with van der Waals surface area (Å²) in [7, 11) is 0. The summed E-state index contributed by atoms with van der Waals surface area (Å²) in [6.45, 7) is 8.46. The number of hydrogen-bond acceptors (Lipinski definition) is 1. The van der Waals surface area contributed by atoms with Crippen LogP contribution in [0.2, 0.25) is 0 Å². The molecule has 1 saturated carbocycles. The lowest BCUT2D eigenvalue weighted by Crippen LogP contribution is -1.89. The van der Waals surface area contributed by atoms with E-state index in [1.54, 1.807) is 0 Å². The molecule has 1 fully saturated rings. The molecule has 0 heterocycles. The maximum atomic E-state index is 10.5. The number of hydrogen-bond donors (Lipinski definition) is 0. The van der Waals surface area contributed by atoms with Gasteiger partial charge in [-0.1, -0.05) is 25.5 Å². The molecule has 62 valence electrons. The molecule has 11 heavy (non-hydrogen) atoms. The standard InChI is InChI=1S/C10H16O/c1-7(2)5-8-9(6-11)10(8,3)4/h5-6,8-9H,1-4H3. The topological polar surface area (TPSA) is 17.1 Å². The molecular formula is C10H16O. The fourth-order valence-electron chi connectivity index (χ4n) is 1.66. The molecule has 2 atom stereocenters. The number of rotatable bonds is 2. The molecule has 0 amide bonds. The Hall–Kier alpha value is -0.590. The van der Waals surface area contributed by atoms with E-state index >= 15 is 0 Å². The molecule has 0 aromatic carbocycles. The predicted octanol–water partition coefficient (Wildman–Crippen LogP) is 2.42. The van der Waals surface area contributed by atoms with Crippen molar-refractivity contribution in [3.63, 3.8) is 0 Å². The van der Waals surface area contributed by atoms with Crippen LogP contribution in [0.1, 0.15) is 27.7 Å². The van der Waals surface area contributed by atoms with Crippen molar-refractivity contribution in [1.29, 1.82) is 0 Å². The van der Waals surface area contributed by atoms with Gasteiger partial charge in [-0.25, -0.2) is 0 Å². The summed E-state index contributed by atoms with van der Waals surface area (Å²) in [5, 5.41) is 0. The van der Waals surface area contributed by atoms with Crippen molar-refractivity contribution >= 4 is 6.29 Å². The minimum Gasteiger partial charge on any atom is -0.303 e. The zero-order chi connectivity index (χ0) is 8.65. The van der Waals surface area contributed by atoms with Crippen LogP contribution in [-0.2, 0) is 4.79 Å². The summed E-state index contributed by atoms with van der Waals surface area (Å²) in [4.78, 5) is 10.5. The van der Waals surface area contributed by atoms with E-state index < -0.39 is 0 Å². The first-order valence-corrected chi connectivity index (χ1v) is 4.10. The van der Waals surface area contributed by atoms with Gasteiger partial charge in [0.2, 0.25) is 0 Å². The Morgan fingerprint density at radius 1 is 1.27 bits per heavy atom. The Bertz CT molecular complexity index is 197. The van der Waals surface area contributed by atoms with Gasteiger partial charge in [0.25, 0.3) is 0 Å². The number of carbonyl (C=O) groups is 1. The van der Waals surface area contributed by atoms with Crippen LogP contribution in [0.15, 0.2) is 11.6 Å². The Labute approximate surface area is 68.5 Å². The van der Waals surface area contributed by atoms with E-state index in [0.717, 1.165) is 6.29 Å². The number of allylic oxidation sites excluding steroid dienone is 2. The highest BCUT2D eigenvalue weighted by atomic mass is 16.1. The molecule has 0 N–H and O–H groups in total. The van der Waals surface area contributed by atoms with Gasteiger partial charge in [0.15, 0.2) is 0 Å². The van der Waals surface area contributed by atoms with E-state index in [0.29, 0.717) is 5.92 Å². The van der Waals surface area contributed by atoms with Gasteiger partial charge in [0.05, 0.1) is 0 Å². The second-order valence-electron chi connectivity index (χ2n) is 4.25. The second kappa shape index (κ2) is 2.47. The Balaban J connectivity index is 2.67. The largest absolute Gasteiger partial charge is 0.303 e. The minimum atomic E-state index is 0.221. The van der Waals surface area contributed by atoms with Gasteiger partial charge >= 0.3 is 0 Å². The van der Waals surface area contributed by atoms with Gasteiger partial charge in [-0.05, 0) is 25.2 Å². The summed E-state index contributed by atoms with van der Waals surface area (Å²) in [5.74, 6) is 0.752. The molecule has 0 aromatic rings. The molecule has 0 spiro atoms.